The predicted molar refractivity (Wildman–Crippen MR) is 170 cm³/mol. The maximum absolute atomic E-state index is 14.1. The van der Waals surface area contributed by atoms with E-state index in [0.717, 1.165) is 6.42 Å². The third kappa shape index (κ3) is 7.75. The smallest absolute Gasteiger partial charge is 0.262 e. The molecule has 0 bridgehead atoms. The van der Waals surface area contributed by atoms with Crippen molar-refractivity contribution in [1.29, 1.82) is 0 Å². The third-order valence-electron chi connectivity index (χ3n) is 8.21. The molecule has 1 unspecified atom stereocenters. The lowest BCUT2D eigenvalue weighted by Crippen LogP contribution is -2.53. The number of fused-ring (bicyclic) bond motifs is 1. The number of carbonyl (C=O) groups is 1. The van der Waals surface area contributed by atoms with E-state index in [1.807, 2.05) is 12.1 Å². The van der Waals surface area contributed by atoms with Gasteiger partial charge in [-0.1, -0.05) is 42.5 Å². The number of hydroxylamine groups is 1. The summed E-state index contributed by atoms with van der Waals surface area (Å²) < 4.78 is 40.8. The average molecular weight is 640 g/mol. The van der Waals surface area contributed by atoms with Gasteiger partial charge >= 0.3 is 0 Å². The number of hydrogen-bond donors (Lipinski definition) is 2. The molecule has 1 heterocycles. The van der Waals surface area contributed by atoms with Crippen molar-refractivity contribution in [3.63, 3.8) is 0 Å². The summed E-state index contributed by atoms with van der Waals surface area (Å²) in [6.45, 7) is 0.514. The zero-order valence-corrected chi connectivity index (χ0v) is 26.2. The molecule has 1 aliphatic carbocycles. The van der Waals surface area contributed by atoms with Crippen LogP contribution in [0.25, 0.3) is 10.8 Å². The summed E-state index contributed by atoms with van der Waals surface area (Å²) in [7, 11) is -2.65. The second-order valence-electron chi connectivity index (χ2n) is 10.8. The van der Waals surface area contributed by atoms with Crippen LogP contribution in [0.4, 0.5) is 0 Å². The summed E-state index contributed by atoms with van der Waals surface area (Å²) in [4.78, 5) is 17.3. The number of methoxy groups -OCH3 is 1. The van der Waals surface area contributed by atoms with Crippen molar-refractivity contribution in [3.8, 4) is 5.75 Å². The molecule has 44 heavy (non-hydrogen) atoms. The van der Waals surface area contributed by atoms with Crippen LogP contribution in [0, 0.1) is 5.92 Å². The van der Waals surface area contributed by atoms with E-state index < -0.39 is 22.0 Å². The van der Waals surface area contributed by atoms with Crippen LogP contribution in [0.3, 0.4) is 0 Å². The standard InChI is InChI=1S/C33H37N3O6S.ClH/c1-41-28-13-15-30(16-14-28)43(39,40)36(23-24-17-20-34-21-18-24)32(33(37)35-38)27-9-11-29(12-10-27)42-22-19-26-7-4-6-25-5-2-3-8-31(25)26;/h2-8,13-18,20-21,27,29,32,38H,9-12,19,22-23H2,1H3,(H,35,37);1H/t27-,29-,32?;. The first-order valence-corrected chi connectivity index (χ1v) is 15.9. The lowest BCUT2D eigenvalue weighted by molar-refractivity contribution is -0.136. The van der Waals surface area contributed by atoms with Gasteiger partial charge in [0.2, 0.25) is 10.0 Å². The van der Waals surface area contributed by atoms with Gasteiger partial charge < -0.3 is 9.47 Å². The molecule has 0 saturated heterocycles. The average Bonchev–Trinajstić information content (AvgIpc) is 3.05. The van der Waals surface area contributed by atoms with E-state index in [1.165, 1.54) is 39.9 Å². The predicted octanol–water partition coefficient (Wildman–Crippen LogP) is 5.55. The first-order valence-electron chi connectivity index (χ1n) is 14.5. The summed E-state index contributed by atoms with van der Waals surface area (Å²) >= 11 is 0. The normalized spacial score (nSPS) is 17.5. The molecule has 4 aromatic rings. The number of pyridine rings is 1. The number of nitrogens with one attached hydrogen (secondary N) is 1. The Hall–Kier alpha value is -3.54. The second-order valence-corrected chi connectivity index (χ2v) is 12.7. The van der Waals surface area contributed by atoms with Gasteiger partial charge in [-0.3, -0.25) is 15.0 Å². The Morgan fingerprint density at radius 2 is 1.66 bits per heavy atom. The SMILES string of the molecule is COc1ccc(S(=O)(=O)N(Cc2ccncc2)C(C(=O)NO)[C@H]2CC[C@H](OCCc3cccc4ccccc34)CC2)cc1.Cl. The highest BCUT2D eigenvalue weighted by Crippen LogP contribution is 2.35. The maximum atomic E-state index is 14.1. The highest BCUT2D eigenvalue weighted by atomic mass is 35.5. The van der Waals surface area contributed by atoms with Crippen LogP contribution in [0.15, 0.2) is 96.2 Å². The summed E-state index contributed by atoms with van der Waals surface area (Å²) in [6.07, 6.45) is 6.46. The molecule has 3 aromatic carbocycles. The fourth-order valence-corrected chi connectivity index (χ4v) is 7.58. The second kappa shape index (κ2) is 15.5. The van der Waals surface area contributed by atoms with E-state index >= 15 is 0 Å². The number of ether oxygens (including phenoxy) is 2. The molecule has 9 nitrogen and oxygen atoms in total. The van der Waals surface area contributed by atoms with Crippen LogP contribution in [0.5, 0.6) is 5.75 Å². The minimum Gasteiger partial charge on any atom is -0.497 e. The van der Waals surface area contributed by atoms with E-state index in [4.69, 9.17) is 9.47 Å². The zero-order chi connectivity index (χ0) is 30.2. The monoisotopic (exact) mass is 639 g/mol. The van der Waals surface area contributed by atoms with Gasteiger partial charge in [0.15, 0.2) is 0 Å². The molecule has 1 saturated carbocycles. The number of amides is 1. The first kappa shape index (κ1) is 33.4. The summed E-state index contributed by atoms with van der Waals surface area (Å²) in [5.74, 6) is -0.561. The van der Waals surface area contributed by atoms with Crippen molar-refractivity contribution >= 4 is 39.1 Å². The molecule has 0 aliphatic heterocycles. The number of nitrogens with zero attached hydrogens (tertiary/aromatic N) is 2. The van der Waals surface area contributed by atoms with Gasteiger partial charge in [0.05, 0.1) is 24.7 Å². The van der Waals surface area contributed by atoms with Crippen LogP contribution < -0.4 is 10.2 Å². The van der Waals surface area contributed by atoms with Crippen molar-refractivity contribution in [2.24, 2.45) is 5.92 Å². The Morgan fingerprint density at radius 3 is 2.34 bits per heavy atom. The molecule has 1 amide bonds. The Balaban J connectivity index is 0.00000442. The van der Waals surface area contributed by atoms with Gasteiger partial charge in [-0.2, -0.15) is 4.31 Å². The Bertz CT molecular complexity index is 1610. The number of sulfonamides is 1. The Morgan fingerprint density at radius 1 is 0.977 bits per heavy atom. The van der Waals surface area contributed by atoms with E-state index in [1.54, 1.807) is 42.1 Å². The fourth-order valence-electron chi connectivity index (χ4n) is 5.95. The molecule has 11 heteroatoms. The van der Waals surface area contributed by atoms with Crippen LogP contribution in [0.2, 0.25) is 0 Å². The number of hydrogen-bond acceptors (Lipinski definition) is 7. The molecule has 1 aromatic heterocycles. The molecule has 2 N–H and O–H groups in total. The number of aromatic nitrogens is 1. The van der Waals surface area contributed by atoms with Crippen molar-refractivity contribution in [1.82, 2.24) is 14.8 Å². The molecular formula is C33H38ClN3O6S. The van der Waals surface area contributed by atoms with Gasteiger partial charge in [0.1, 0.15) is 11.8 Å². The van der Waals surface area contributed by atoms with Gasteiger partial charge in [-0.05, 0) is 96.3 Å². The molecule has 1 fully saturated rings. The van der Waals surface area contributed by atoms with Crippen molar-refractivity contribution < 1.29 is 27.9 Å². The Kier molecular flexibility index (Phi) is 11.7. The number of rotatable bonds is 12. The van der Waals surface area contributed by atoms with Crippen molar-refractivity contribution in [2.75, 3.05) is 13.7 Å². The summed E-state index contributed by atoms with van der Waals surface area (Å²) in [5.41, 5.74) is 3.65. The highest BCUT2D eigenvalue weighted by Gasteiger charge is 2.42. The van der Waals surface area contributed by atoms with Crippen LogP contribution >= 0.6 is 12.4 Å². The van der Waals surface area contributed by atoms with E-state index in [2.05, 4.69) is 35.3 Å². The lowest BCUT2D eigenvalue weighted by Gasteiger charge is -2.38. The van der Waals surface area contributed by atoms with E-state index in [0.29, 0.717) is 43.6 Å². The first-order chi connectivity index (χ1) is 20.9. The minimum atomic E-state index is -4.15. The highest BCUT2D eigenvalue weighted by molar-refractivity contribution is 7.89. The third-order valence-corrected chi connectivity index (χ3v) is 10.1. The van der Waals surface area contributed by atoms with Crippen molar-refractivity contribution in [2.45, 2.75) is 55.7 Å². The largest absolute Gasteiger partial charge is 0.497 e. The molecule has 5 rings (SSSR count). The number of carbonyl (C=O) groups excluding carboxylic acids is 1. The van der Waals surface area contributed by atoms with Gasteiger partial charge in [0.25, 0.3) is 5.91 Å². The molecule has 1 atom stereocenters. The van der Waals surface area contributed by atoms with E-state index in [9.17, 15) is 18.4 Å². The topological polar surface area (TPSA) is 118 Å². The van der Waals surface area contributed by atoms with Crippen LogP contribution in [0.1, 0.15) is 36.8 Å². The molecule has 234 valence electrons. The summed E-state index contributed by atoms with van der Waals surface area (Å²) in [6, 6.07) is 23.0. The number of benzene rings is 3. The minimum absolute atomic E-state index is 0. The van der Waals surface area contributed by atoms with Crippen molar-refractivity contribution in [3.05, 3.63) is 102 Å². The fraction of sp³-hybridized carbons (Fsp3) is 0.333. The van der Waals surface area contributed by atoms with Crippen LogP contribution in [-0.4, -0.2) is 54.7 Å². The molecular weight excluding hydrogens is 602 g/mol. The van der Waals surface area contributed by atoms with Gasteiger partial charge in [0, 0.05) is 18.9 Å². The van der Waals surface area contributed by atoms with E-state index in [-0.39, 0.29) is 35.9 Å². The summed E-state index contributed by atoms with van der Waals surface area (Å²) in [5, 5.41) is 12.2. The Labute approximate surface area is 264 Å². The maximum Gasteiger partial charge on any atom is 0.262 e. The quantitative estimate of drug-likeness (QED) is 0.154. The molecule has 0 radical (unpaired) electrons. The van der Waals surface area contributed by atoms with Crippen LogP contribution in [-0.2, 0) is 32.5 Å². The van der Waals surface area contributed by atoms with Gasteiger partial charge in [-0.15, -0.1) is 12.4 Å². The lowest BCUT2D eigenvalue weighted by atomic mass is 9.82. The van der Waals surface area contributed by atoms with Gasteiger partial charge in [-0.25, -0.2) is 13.9 Å². The molecule has 1 aliphatic rings. The molecule has 0 spiro atoms. The number of halogens is 1. The zero-order valence-electron chi connectivity index (χ0n) is 24.5.